The summed E-state index contributed by atoms with van der Waals surface area (Å²) < 4.78 is 0. The highest BCUT2D eigenvalue weighted by Crippen LogP contribution is 2.28. The summed E-state index contributed by atoms with van der Waals surface area (Å²) in [5.74, 6) is -0.937. The van der Waals surface area contributed by atoms with Crippen molar-refractivity contribution >= 4 is 17.7 Å². The molecule has 0 saturated carbocycles. The van der Waals surface area contributed by atoms with Gasteiger partial charge in [0.05, 0.1) is 11.3 Å². The van der Waals surface area contributed by atoms with E-state index in [1.54, 1.807) is 30.8 Å². The maximum absolute atomic E-state index is 10.9. The maximum atomic E-state index is 10.9. The predicted octanol–water partition coefficient (Wildman–Crippen LogP) is 3.86. The lowest BCUT2D eigenvalue weighted by Gasteiger charge is -2.06. The van der Waals surface area contributed by atoms with Crippen molar-refractivity contribution in [2.45, 2.75) is 30.7 Å². The Morgan fingerprint density at radius 3 is 2.42 bits per heavy atom. The third-order valence-electron chi connectivity index (χ3n) is 2.99. The lowest BCUT2D eigenvalue weighted by Crippen LogP contribution is -2.01. The number of rotatable bonds is 3. The SMILES string of the molecule is Cc1ccc(Sc2ccc(C(=O)O)c(C)n2)cc1C. The van der Waals surface area contributed by atoms with E-state index in [1.807, 2.05) is 0 Å². The summed E-state index contributed by atoms with van der Waals surface area (Å²) in [7, 11) is 0. The fraction of sp³-hybridized carbons (Fsp3) is 0.200. The van der Waals surface area contributed by atoms with Crippen LogP contribution in [0.15, 0.2) is 40.3 Å². The Hall–Kier alpha value is -1.81. The Balaban J connectivity index is 2.26. The van der Waals surface area contributed by atoms with Crippen molar-refractivity contribution in [3.05, 3.63) is 52.7 Å². The molecule has 0 bridgehead atoms. The first-order valence-electron chi connectivity index (χ1n) is 5.93. The van der Waals surface area contributed by atoms with E-state index in [1.165, 1.54) is 11.1 Å². The molecule has 0 spiro atoms. The normalized spacial score (nSPS) is 10.5. The lowest BCUT2D eigenvalue weighted by atomic mass is 10.1. The number of carbonyl (C=O) groups is 1. The van der Waals surface area contributed by atoms with Gasteiger partial charge in [0.1, 0.15) is 5.03 Å². The van der Waals surface area contributed by atoms with Crippen LogP contribution in [-0.2, 0) is 0 Å². The number of aryl methyl sites for hydroxylation is 3. The Labute approximate surface area is 116 Å². The van der Waals surface area contributed by atoms with Crippen molar-refractivity contribution in [2.75, 3.05) is 0 Å². The van der Waals surface area contributed by atoms with E-state index in [0.717, 1.165) is 9.92 Å². The van der Waals surface area contributed by atoms with E-state index in [-0.39, 0.29) is 5.56 Å². The molecular weight excluding hydrogens is 258 g/mol. The summed E-state index contributed by atoms with van der Waals surface area (Å²) in [4.78, 5) is 16.4. The van der Waals surface area contributed by atoms with Gasteiger partial charge in [-0.1, -0.05) is 17.8 Å². The molecule has 19 heavy (non-hydrogen) atoms. The number of aromatic nitrogens is 1. The molecule has 1 aromatic heterocycles. The minimum Gasteiger partial charge on any atom is -0.478 e. The van der Waals surface area contributed by atoms with Gasteiger partial charge in [-0.15, -0.1) is 0 Å². The molecule has 1 N–H and O–H groups in total. The maximum Gasteiger partial charge on any atom is 0.337 e. The minimum atomic E-state index is -0.937. The summed E-state index contributed by atoms with van der Waals surface area (Å²) in [5.41, 5.74) is 3.30. The van der Waals surface area contributed by atoms with Gasteiger partial charge in [0, 0.05) is 4.90 Å². The van der Waals surface area contributed by atoms with Crippen LogP contribution in [0.2, 0.25) is 0 Å². The molecule has 0 aliphatic rings. The van der Waals surface area contributed by atoms with E-state index >= 15 is 0 Å². The van der Waals surface area contributed by atoms with Crippen molar-refractivity contribution in [3.8, 4) is 0 Å². The van der Waals surface area contributed by atoms with E-state index in [9.17, 15) is 4.79 Å². The zero-order valence-corrected chi connectivity index (χ0v) is 11.9. The Morgan fingerprint density at radius 1 is 1.11 bits per heavy atom. The molecule has 0 atom stereocenters. The van der Waals surface area contributed by atoms with Gasteiger partial charge in [0.25, 0.3) is 0 Å². The third kappa shape index (κ3) is 3.15. The second-order valence-electron chi connectivity index (χ2n) is 4.44. The van der Waals surface area contributed by atoms with E-state index in [2.05, 4.69) is 37.0 Å². The van der Waals surface area contributed by atoms with Crippen molar-refractivity contribution in [3.63, 3.8) is 0 Å². The molecule has 0 saturated heterocycles. The molecule has 0 radical (unpaired) electrons. The zero-order chi connectivity index (χ0) is 14.0. The molecule has 1 heterocycles. The average Bonchev–Trinajstić information content (AvgIpc) is 2.33. The second-order valence-corrected chi connectivity index (χ2v) is 5.53. The highest BCUT2D eigenvalue weighted by molar-refractivity contribution is 7.99. The molecule has 0 amide bonds. The van der Waals surface area contributed by atoms with Crippen LogP contribution in [0.5, 0.6) is 0 Å². The first-order chi connectivity index (χ1) is 8.97. The number of nitrogens with zero attached hydrogens (tertiary/aromatic N) is 1. The quantitative estimate of drug-likeness (QED) is 0.922. The van der Waals surface area contributed by atoms with Crippen molar-refractivity contribution in [1.82, 2.24) is 4.98 Å². The molecule has 0 unspecified atom stereocenters. The molecular formula is C15H15NO2S. The second kappa shape index (κ2) is 5.45. The van der Waals surface area contributed by atoms with Crippen LogP contribution in [0.4, 0.5) is 0 Å². The van der Waals surface area contributed by atoms with Gasteiger partial charge < -0.3 is 5.11 Å². The van der Waals surface area contributed by atoms with Gasteiger partial charge in [-0.2, -0.15) is 0 Å². The Kier molecular flexibility index (Phi) is 3.90. The number of carboxylic acid groups (broad SMARTS) is 1. The van der Waals surface area contributed by atoms with Crippen molar-refractivity contribution < 1.29 is 9.90 Å². The highest BCUT2D eigenvalue weighted by Gasteiger charge is 2.09. The van der Waals surface area contributed by atoms with Gasteiger partial charge >= 0.3 is 5.97 Å². The van der Waals surface area contributed by atoms with Crippen LogP contribution >= 0.6 is 11.8 Å². The summed E-state index contributed by atoms with van der Waals surface area (Å²) in [5, 5.41) is 9.78. The fourth-order valence-corrected chi connectivity index (χ4v) is 2.65. The zero-order valence-electron chi connectivity index (χ0n) is 11.1. The molecule has 4 heteroatoms. The number of pyridine rings is 1. The molecule has 2 aromatic rings. The number of aromatic carboxylic acids is 1. The average molecular weight is 273 g/mol. The van der Waals surface area contributed by atoms with Crippen LogP contribution in [0.3, 0.4) is 0 Å². The summed E-state index contributed by atoms with van der Waals surface area (Å²) in [6.45, 7) is 5.87. The van der Waals surface area contributed by atoms with Crippen LogP contribution in [0.25, 0.3) is 0 Å². The Bertz CT molecular complexity index is 638. The molecule has 2 rings (SSSR count). The van der Waals surface area contributed by atoms with E-state index < -0.39 is 5.97 Å². The number of carboxylic acids is 1. The molecule has 1 aromatic carbocycles. The number of benzene rings is 1. The summed E-state index contributed by atoms with van der Waals surface area (Å²) in [6, 6.07) is 9.59. The van der Waals surface area contributed by atoms with Crippen molar-refractivity contribution in [2.24, 2.45) is 0 Å². The van der Waals surface area contributed by atoms with Gasteiger partial charge in [0.2, 0.25) is 0 Å². The van der Waals surface area contributed by atoms with Crippen LogP contribution in [-0.4, -0.2) is 16.1 Å². The highest BCUT2D eigenvalue weighted by atomic mass is 32.2. The number of hydrogen-bond acceptors (Lipinski definition) is 3. The van der Waals surface area contributed by atoms with Gasteiger partial charge in [-0.3, -0.25) is 0 Å². The topological polar surface area (TPSA) is 50.2 Å². The van der Waals surface area contributed by atoms with Gasteiger partial charge in [-0.25, -0.2) is 9.78 Å². The smallest absolute Gasteiger partial charge is 0.337 e. The van der Waals surface area contributed by atoms with Crippen LogP contribution in [0, 0.1) is 20.8 Å². The third-order valence-corrected chi connectivity index (χ3v) is 3.92. The summed E-state index contributed by atoms with van der Waals surface area (Å²) in [6.07, 6.45) is 0. The van der Waals surface area contributed by atoms with Crippen LogP contribution < -0.4 is 0 Å². The Morgan fingerprint density at radius 2 is 1.84 bits per heavy atom. The monoisotopic (exact) mass is 273 g/mol. The van der Waals surface area contributed by atoms with Crippen molar-refractivity contribution in [1.29, 1.82) is 0 Å². The first kappa shape index (κ1) is 13.6. The molecule has 0 aliphatic heterocycles. The lowest BCUT2D eigenvalue weighted by molar-refractivity contribution is 0.0695. The number of hydrogen-bond donors (Lipinski definition) is 1. The molecule has 0 fully saturated rings. The van der Waals surface area contributed by atoms with Gasteiger partial charge in [0.15, 0.2) is 0 Å². The first-order valence-corrected chi connectivity index (χ1v) is 6.75. The molecule has 98 valence electrons. The van der Waals surface area contributed by atoms with Gasteiger partial charge in [-0.05, 0) is 56.2 Å². The van der Waals surface area contributed by atoms with Crippen LogP contribution in [0.1, 0.15) is 27.2 Å². The van der Waals surface area contributed by atoms with E-state index in [4.69, 9.17) is 5.11 Å². The molecule has 0 aliphatic carbocycles. The largest absolute Gasteiger partial charge is 0.478 e. The summed E-state index contributed by atoms with van der Waals surface area (Å²) >= 11 is 1.54. The minimum absolute atomic E-state index is 0.254. The van der Waals surface area contributed by atoms with E-state index in [0.29, 0.717) is 5.69 Å². The predicted molar refractivity (Wildman–Crippen MR) is 76.0 cm³/mol. The molecule has 3 nitrogen and oxygen atoms in total. The standard InChI is InChI=1S/C15H15NO2S/c1-9-4-5-12(8-10(9)2)19-14-7-6-13(15(17)18)11(3)16-14/h4-8H,1-3H3,(H,17,18). The fourth-order valence-electron chi connectivity index (χ4n) is 1.72.